The van der Waals surface area contributed by atoms with Gasteiger partial charge in [0, 0.05) is 13.1 Å². The lowest BCUT2D eigenvalue weighted by atomic mass is 9.91. The molecule has 1 N–H and O–H groups in total. The first kappa shape index (κ1) is 16.1. The van der Waals surface area contributed by atoms with Crippen molar-refractivity contribution in [2.24, 2.45) is 0 Å². The van der Waals surface area contributed by atoms with Gasteiger partial charge in [-0.15, -0.1) is 0 Å². The summed E-state index contributed by atoms with van der Waals surface area (Å²) in [5.41, 5.74) is 1.35. The van der Waals surface area contributed by atoms with Gasteiger partial charge in [0.15, 0.2) is 11.5 Å². The molecule has 118 valence electrons. The third kappa shape index (κ3) is 4.90. The second kappa shape index (κ2) is 8.25. The van der Waals surface area contributed by atoms with Crippen LogP contribution in [0.5, 0.6) is 11.5 Å². The van der Waals surface area contributed by atoms with Gasteiger partial charge in [0.2, 0.25) is 0 Å². The number of likely N-dealkylation sites (N-methyl/N-ethyl adjacent to an activating group) is 1. The summed E-state index contributed by atoms with van der Waals surface area (Å²) < 4.78 is 11.6. The highest BCUT2D eigenvalue weighted by Crippen LogP contribution is 2.33. The molecule has 0 spiro atoms. The molecule has 1 aromatic rings. The van der Waals surface area contributed by atoms with Crippen molar-refractivity contribution in [1.29, 1.82) is 0 Å². The van der Waals surface area contributed by atoms with Gasteiger partial charge in [-0.3, -0.25) is 0 Å². The lowest BCUT2D eigenvalue weighted by molar-refractivity contribution is 0.243. The Balaban J connectivity index is 2.06. The molecule has 1 atom stereocenters. The van der Waals surface area contributed by atoms with Crippen LogP contribution in [0.4, 0.5) is 0 Å². The normalized spacial score (nSPS) is 18.8. The molecule has 0 amide bonds. The number of hydrogen-bond acceptors (Lipinski definition) is 4. The molecule has 4 heteroatoms. The molecule has 1 unspecified atom stereocenters. The molecule has 0 bridgehead atoms. The summed E-state index contributed by atoms with van der Waals surface area (Å²) in [5.74, 6) is 2.32. The molecule has 2 rings (SSSR count). The maximum atomic E-state index is 5.86. The summed E-state index contributed by atoms with van der Waals surface area (Å²) in [6, 6.07) is 6.40. The van der Waals surface area contributed by atoms with Crippen molar-refractivity contribution in [3.8, 4) is 11.5 Å². The van der Waals surface area contributed by atoms with E-state index in [4.69, 9.17) is 9.47 Å². The zero-order chi connectivity index (χ0) is 15.1. The SMILES string of the molecule is CCOc1cc(C2CCCNC2)ccc1OCCN(C)C. The number of nitrogens with one attached hydrogen (secondary N) is 1. The molecule has 0 aromatic heterocycles. The smallest absolute Gasteiger partial charge is 0.161 e. The highest BCUT2D eigenvalue weighted by atomic mass is 16.5. The van der Waals surface area contributed by atoms with Crippen molar-refractivity contribution in [3.05, 3.63) is 23.8 Å². The van der Waals surface area contributed by atoms with Gasteiger partial charge in [-0.25, -0.2) is 0 Å². The molecule has 0 radical (unpaired) electrons. The second-order valence-corrected chi connectivity index (χ2v) is 5.83. The number of hydrogen-bond donors (Lipinski definition) is 1. The van der Waals surface area contributed by atoms with Gasteiger partial charge in [-0.1, -0.05) is 6.07 Å². The predicted molar refractivity (Wildman–Crippen MR) is 86.5 cm³/mol. The Hall–Kier alpha value is -1.26. The minimum Gasteiger partial charge on any atom is -0.490 e. The van der Waals surface area contributed by atoms with E-state index in [0.29, 0.717) is 19.1 Å². The Morgan fingerprint density at radius 3 is 2.76 bits per heavy atom. The fourth-order valence-corrected chi connectivity index (χ4v) is 2.64. The number of benzene rings is 1. The zero-order valence-corrected chi connectivity index (χ0v) is 13.5. The molecular formula is C17H28N2O2. The maximum absolute atomic E-state index is 5.86. The molecule has 1 aliphatic heterocycles. The van der Waals surface area contributed by atoms with Gasteiger partial charge in [0.25, 0.3) is 0 Å². The van der Waals surface area contributed by atoms with Crippen molar-refractivity contribution in [3.63, 3.8) is 0 Å². The van der Waals surface area contributed by atoms with Crippen LogP contribution >= 0.6 is 0 Å². The maximum Gasteiger partial charge on any atom is 0.161 e. The van der Waals surface area contributed by atoms with Crippen LogP contribution in [-0.2, 0) is 0 Å². The Morgan fingerprint density at radius 1 is 1.24 bits per heavy atom. The summed E-state index contributed by atoms with van der Waals surface area (Å²) in [6.45, 7) is 6.46. The van der Waals surface area contributed by atoms with E-state index in [1.165, 1.54) is 18.4 Å². The first-order valence-electron chi connectivity index (χ1n) is 7.95. The van der Waals surface area contributed by atoms with Gasteiger partial charge in [0.1, 0.15) is 6.61 Å². The Morgan fingerprint density at radius 2 is 2.10 bits per heavy atom. The van der Waals surface area contributed by atoms with Gasteiger partial charge in [0.05, 0.1) is 6.61 Å². The summed E-state index contributed by atoms with van der Waals surface area (Å²) in [6.07, 6.45) is 2.50. The highest BCUT2D eigenvalue weighted by Gasteiger charge is 2.17. The predicted octanol–water partition coefficient (Wildman–Crippen LogP) is 2.49. The van der Waals surface area contributed by atoms with E-state index in [0.717, 1.165) is 31.1 Å². The number of piperidine rings is 1. The van der Waals surface area contributed by atoms with Crippen LogP contribution in [0.15, 0.2) is 18.2 Å². The average Bonchev–Trinajstić information content (AvgIpc) is 2.49. The van der Waals surface area contributed by atoms with E-state index < -0.39 is 0 Å². The van der Waals surface area contributed by atoms with Gasteiger partial charge < -0.3 is 19.7 Å². The molecule has 21 heavy (non-hydrogen) atoms. The number of nitrogens with zero attached hydrogens (tertiary/aromatic N) is 1. The number of ether oxygens (including phenoxy) is 2. The first-order chi connectivity index (χ1) is 10.2. The zero-order valence-electron chi connectivity index (χ0n) is 13.5. The summed E-state index contributed by atoms with van der Waals surface area (Å²) in [4.78, 5) is 2.11. The molecule has 0 aliphatic carbocycles. The molecule has 1 heterocycles. The van der Waals surface area contributed by atoms with E-state index in [-0.39, 0.29) is 0 Å². The van der Waals surface area contributed by atoms with Gasteiger partial charge >= 0.3 is 0 Å². The van der Waals surface area contributed by atoms with Crippen molar-refractivity contribution >= 4 is 0 Å². The first-order valence-corrected chi connectivity index (χ1v) is 7.95. The summed E-state index contributed by atoms with van der Waals surface area (Å²) in [5, 5.41) is 3.47. The third-order valence-corrected chi connectivity index (χ3v) is 3.83. The van der Waals surface area contributed by atoms with Crippen molar-refractivity contribution in [1.82, 2.24) is 10.2 Å². The van der Waals surface area contributed by atoms with Crippen LogP contribution in [0, 0.1) is 0 Å². The lowest BCUT2D eigenvalue weighted by Crippen LogP contribution is -2.28. The van der Waals surface area contributed by atoms with Crippen LogP contribution in [0.2, 0.25) is 0 Å². The Kier molecular flexibility index (Phi) is 6.33. The third-order valence-electron chi connectivity index (χ3n) is 3.83. The Labute approximate surface area is 128 Å². The van der Waals surface area contributed by atoms with E-state index in [1.807, 2.05) is 21.0 Å². The number of rotatable bonds is 7. The largest absolute Gasteiger partial charge is 0.490 e. The van der Waals surface area contributed by atoms with Crippen molar-refractivity contribution in [2.75, 3.05) is 46.9 Å². The van der Waals surface area contributed by atoms with E-state index in [2.05, 4.69) is 28.4 Å². The van der Waals surface area contributed by atoms with E-state index in [9.17, 15) is 0 Å². The molecule has 4 nitrogen and oxygen atoms in total. The topological polar surface area (TPSA) is 33.7 Å². The molecular weight excluding hydrogens is 264 g/mol. The van der Waals surface area contributed by atoms with Crippen LogP contribution in [0.3, 0.4) is 0 Å². The van der Waals surface area contributed by atoms with Crippen LogP contribution < -0.4 is 14.8 Å². The highest BCUT2D eigenvalue weighted by molar-refractivity contribution is 5.44. The fraction of sp³-hybridized carbons (Fsp3) is 0.647. The van der Waals surface area contributed by atoms with Crippen LogP contribution in [0.25, 0.3) is 0 Å². The van der Waals surface area contributed by atoms with E-state index >= 15 is 0 Å². The molecule has 1 fully saturated rings. The minimum atomic E-state index is 0.591. The quantitative estimate of drug-likeness (QED) is 0.837. The van der Waals surface area contributed by atoms with Crippen molar-refractivity contribution < 1.29 is 9.47 Å². The second-order valence-electron chi connectivity index (χ2n) is 5.83. The molecule has 1 saturated heterocycles. The standard InChI is InChI=1S/C17H28N2O2/c1-4-20-17-12-14(15-6-5-9-18-13-15)7-8-16(17)21-11-10-19(2)3/h7-8,12,15,18H,4-6,9-11,13H2,1-3H3. The monoisotopic (exact) mass is 292 g/mol. The average molecular weight is 292 g/mol. The van der Waals surface area contributed by atoms with E-state index in [1.54, 1.807) is 0 Å². The lowest BCUT2D eigenvalue weighted by Gasteiger charge is -2.24. The van der Waals surface area contributed by atoms with Crippen LogP contribution in [0.1, 0.15) is 31.2 Å². The molecule has 1 aromatic carbocycles. The van der Waals surface area contributed by atoms with Crippen molar-refractivity contribution in [2.45, 2.75) is 25.7 Å². The minimum absolute atomic E-state index is 0.591. The Bertz CT molecular complexity index is 429. The van der Waals surface area contributed by atoms with Gasteiger partial charge in [-0.2, -0.15) is 0 Å². The molecule has 1 aliphatic rings. The summed E-state index contributed by atoms with van der Waals surface area (Å²) >= 11 is 0. The summed E-state index contributed by atoms with van der Waals surface area (Å²) in [7, 11) is 4.10. The molecule has 0 saturated carbocycles. The fourth-order valence-electron chi connectivity index (χ4n) is 2.64. The van der Waals surface area contributed by atoms with Gasteiger partial charge in [-0.05, 0) is 64.0 Å². The van der Waals surface area contributed by atoms with Crippen LogP contribution in [-0.4, -0.2) is 51.8 Å².